The van der Waals surface area contributed by atoms with Crippen LogP contribution >= 0.6 is 0 Å². The molecule has 29 heavy (non-hydrogen) atoms. The lowest BCUT2D eigenvalue weighted by molar-refractivity contribution is 0.374. The Hall–Kier alpha value is -3.08. The molecule has 3 rings (SSSR count). The van der Waals surface area contributed by atoms with Crippen LogP contribution < -0.4 is 10.1 Å². The average Bonchev–Trinajstić information content (AvgIpc) is 2.70. The molecule has 11 heteroatoms. The van der Waals surface area contributed by atoms with Gasteiger partial charge in [-0.05, 0) is 18.2 Å². The quantitative estimate of drug-likeness (QED) is 0.298. The van der Waals surface area contributed by atoms with E-state index in [1.807, 2.05) is 0 Å². The van der Waals surface area contributed by atoms with Crippen LogP contribution in [-0.2, 0) is 0 Å². The first-order chi connectivity index (χ1) is 13.6. The van der Waals surface area contributed by atoms with Crippen molar-refractivity contribution in [3.05, 3.63) is 82.9 Å². The third-order valence-electron chi connectivity index (χ3n) is 3.94. The van der Waals surface area contributed by atoms with E-state index in [0.29, 0.717) is 6.07 Å². The zero-order valence-corrected chi connectivity index (χ0v) is 13.9. The molecule has 0 saturated heterocycles. The summed E-state index contributed by atoms with van der Waals surface area (Å²) in [5, 5.41) is 9.93. The second-order valence-corrected chi connectivity index (χ2v) is 5.67. The molecule has 0 atom stereocenters. The van der Waals surface area contributed by atoms with Crippen LogP contribution in [0.2, 0.25) is 0 Å². The molecule has 3 aromatic rings. The molecule has 0 bridgehead atoms. The van der Waals surface area contributed by atoms with Crippen molar-refractivity contribution in [3.8, 4) is 16.9 Å². The van der Waals surface area contributed by atoms with Crippen LogP contribution in [0.15, 0.2) is 36.4 Å². The molecule has 0 aliphatic rings. The van der Waals surface area contributed by atoms with Crippen LogP contribution in [0.25, 0.3) is 11.1 Å². The monoisotopic (exact) mass is 418 g/mol. The van der Waals surface area contributed by atoms with Gasteiger partial charge in [0.15, 0.2) is 46.5 Å². The van der Waals surface area contributed by atoms with Crippen molar-refractivity contribution in [1.29, 1.82) is 0 Å². The van der Waals surface area contributed by atoms with E-state index in [2.05, 4.69) is 0 Å². The Balaban J connectivity index is 2.07. The van der Waals surface area contributed by atoms with Crippen LogP contribution in [0.4, 0.5) is 35.1 Å². The molecule has 0 aliphatic carbocycles. The molecule has 0 heterocycles. The highest BCUT2D eigenvalue weighted by molar-refractivity contribution is 6.61. The van der Waals surface area contributed by atoms with Crippen LogP contribution in [0, 0.1) is 46.5 Å². The standard InChI is InChI=1S/C18H7BF8O2/c20-9-6-5-8(12(21)13(9)22)7-3-1-2-4-10(7)29-19(28)11-14(23)16(25)18(27)17(26)15(11)24/h1-6,28H. The van der Waals surface area contributed by atoms with E-state index < -0.39 is 70.4 Å². The Bertz CT molecular complexity index is 1080. The number of halogens is 8. The number of rotatable bonds is 4. The highest BCUT2D eigenvalue weighted by Gasteiger charge is 2.35. The minimum Gasteiger partial charge on any atom is -0.532 e. The summed E-state index contributed by atoms with van der Waals surface area (Å²) >= 11 is 0. The molecule has 0 aliphatic heterocycles. The molecular formula is C18H7BF8O2. The Morgan fingerprint density at radius 1 is 0.586 bits per heavy atom. The Morgan fingerprint density at radius 3 is 1.76 bits per heavy atom. The van der Waals surface area contributed by atoms with Crippen LogP contribution in [0.3, 0.4) is 0 Å². The molecule has 150 valence electrons. The Kier molecular flexibility index (Phi) is 5.51. The molecule has 3 aromatic carbocycles. The molecule has 0 spiro atoms. The first kappa shape index (κ1) is 20.7. The summed E-state index contributed by atoms with van der Waals surface area (Å²) in [5.74, 6) is -17.1. The van der Waals surface area contributed by atoms with Gasteiger partial charge in [0.2, 0.25) is 0 Å². The zero-order chi connectivity index (χ0) is 21.5. The van der Waals surface area contributed by atoms with Crippen molar-refractivity contribution in [1.82, 2.24) is 0 Å². The zero-order valence-electron chi connectivity index (χ0n) is 13.9. The molecule has 0 saturated carbocycles. The summed E-state index contributed by atoms with van der Waals surface area (Å²) in [6, 6.07) is 6.20. The molecular weight excluding hydrogens is 411 g/mol. The molecule has 0 unspecified atom stereocenters. The van der Waals surface area contributed by atoms with E-state index >= 15 is 0 Å². The topological polar surface area (TPSA) is 29.5 Å². The van der Waals surface area contributed by atoms with Gasteiger partial charge in [0, 0.05) is 11.1 Å². The summed E-state index contributed by atoms with van der Waals surface area (Å²) in [5.41, 5.74) is -2.50. The van der Waals surface area contributed by atoms with E-state index in [9.17, 15) is 40.1 Å². The smallest absolute Gasteiger partial charge is 0.532 e. The van der Waals surface area contributed by atoms with Crippen molar-refractivity contribution in [2.24, 2.45) is 0 Å². The summed E-state index contributed by atoms with van der Waals surface area (Å²) < 4.78 is 113. The maximum atomic E-state index is 14.1. The lowest BCUT2D eigenvalue weighted by atomic mass is 9.78. The van der Waals surface area contributed by atoms with Crippen LogP contribution in [-0.4, -0.2) is 12.1 Å². The lowest BCUT2D eigenvalue weighted by Crippen LogP contribution is -2.43. The molecule has 0 radical (unpaired) electrons. The first-order valence-electron chi connectivity index (χ1n) is 7.74. The second kappa shape index (κ2) is 7.74. The van der Waals surface area contributed by atoms with Gasteiger partial charge >= 0.3 is 7.12 Å². The third kappa shape index (κ3) is 3.53. The van der Waals surface area contributed by atoms with Crippen molar-refractivity contribution in [2.45, 2.75) is 0 Å². The van der Waals surface area contributed by atoms with Gasteiger partial charge in [-0.15, -0.1) is 0 Å². The summed E-state index contributed by atoms with van der Waals surface area (Å²) in [6.07, 6.45) is 0. The summed E-state index contributed by atoms with van der Waals surface area (Å²) in [6.45, 7) is 0. The van der Waals surface area contributed by atoms with Gasteiger partial charge in [0.25, 0.3) is 0 Å². The fourth-order valence-corrected chi connectivity index (χ4v) is 2.54. The van der Waals surface area contributed by atoms with E-state index in [0.717, 1.165) is 18.2 Å². The van der Waals surface area contributed by atoms with Crippen molar-refractivity contribution in [3.63, 3.8) is 0 Å². The van der Waals surface area contributed by atoms with Gasteiger partial charge in [-0.2, -0.15) is 0 Å². The van der Waals surface area contributed by atoms with Gasteiger partial charge < -0.3 is 9.68 Å². The molecule has 0 aromatic heterocycles. The fourth-order valence-electron chi connectivity index (χ4n) is 2.54. The highest BCUT2D eigenvalue weighted by atomic mass is 19.2. The number of hydrogen-bond acceptors (Lipinski definition) is 2. The van der Waals surface area contributed by atoms with Gasteiger partial charge in [-0.25, -0.2) is 35.1 Å². The first-order valence-corrected chi connectivity index (χ1v) is 7.74. The normalized spacial score (nSPS) is 10.9. The van der Waals surface area contributed by atoms with Gasteiger partial charge in [-0.1, -0.05) is 18.2 Å². The van der Waals surface area contributed by atoms with Crippen molar-refractivity contribution < 1.29 is 44.8 Å². The lowest BCUT2D eigenvalue weighted by Gasteiger charge is -2.16. The molecule has 2 nitrogen and oxygen atoms in total. The highest BCUT2D eigenvalue weighted by Crippen LogP contribution is 2.33. The predicted molar refractivity (Wildman–Crippen MR) is 86.2 cm³/mol. The van der Waals surface area contributed by atoms with Crippen LogP contribution in [0.5, 0.6) is 5.75 Å². The molecule has 0 fully saturated rings. The second-order valence-electron chi connectivity index (χ2n) is 5.67. The maximum absolute atomic E-state index is 14.1. The van der Waals surface area contributed by atoms with Gasteiger partial charge in [0.1, 0.15) is 5.75 Å². The summed E-state index contributed by atoms with van der Waals surface area (Å²) in [4.78, 5) is 0. The Morgan fingerprint density at radius 2 is 1.14 bits per heavy atom. The SMILES string of the molecule is OB(Oc1ccccc1-c1ccc(F)c(F)c1F)c1c(F)c(F)c(F)c(F)c1F. The van der Waals surface area contributed by atoms with Gasteiger partial charge in [-0.3, -0.25) is 0 Å². The fraction of sp³-hybridized carbons (Fsp3) is 0. The molecule has 0 amide bonds. The van der Waals surface area contributed by atoms with Crippen molar-refractivity contribution in [2.75, 3.05) is 0 Å². The Labute approximate surface area is 158 Å². The van der Waals surface area contributed by atoms with Gasteiger partial charge in [0.05, 0.1) is 5.46 Å². The number of hydrogen-bond donors (Lipinski definition) is 1. The maximum Gasteiger partial charge on any atom is 0.566 e. The average molecular weight is 418 g/mol. The largest absolute Gasteiger partial charge is 0.566 e. The summed E-state index contributed by atoms with van der Waals surface area (Å²) in [7, 11) is -2.70. The van der Waals surface area contributed by atoms with E-state index in [-0.39, 0.29) is 5.56 Å². The number of benzene rings is 3. The molecule has 1 N–H and O–H groups in total. The van der Waals surface area contributed by atoms with E-state index in [1.54, 1.807) is 0 Å². The van der Waals surface area contributed by atoms with Crippen LogP contribution in [0.1, 0.15) is 0 Å². The van der Waals surface area contributed by atoms with E-state index in [4.69, 9.17) is 4.65 Å². The minimum absolute atomic E-state index is 0.285. The predicted octanol–water partition coefficient (Wildman–Crippen LogP) is 4.23. The minimum atomic E-state index is -2.70. The van der Waals surface area contributed by atoms with E-state index in [1.165, 1.54) is 12.1 Å². The van der Waals surface area contributed by atoms with Crippen molar-refractivity contribution >= 4 is 12.6 Å². The number of para-hydroxylation sites is 1. The third-order valence-corrected chi connectivity index (χ3v) is 3.94.